The van der Waals surface area contributed by atoms with Crippen LogP contribution in [0.25, 0.3) is 10.4 Å². The minimum atomic E-state index is -0.296. The van der Waals surface area contributed by atoms with Crippen LogP contribution < -0.4 is 5.32 Å². The SMILES string of the molecule is CN(C)C(=O)CNC(=O)c1ccc(-c2ccc(F)cc2)s1. The summed E-state index contributed by atoms with van der Waals surface area (Å²) in [4.78, 5) is 26.2. The first-order valence-corrected chi connectivity index (χ1v) is 7.13. The molecule has 0 unspecified atom stereocenters. The molecule has 110 valence electrons. The van der Waals surface area contributed by atoms with Gasteiger partial charge in [0.2, 0.25) is 5.91 Å². The third-order valence-electron chi connectivity index (χ3n) is 2.86. The fourth-order valence-electron chi connectivity index (χ4n) is 1.63. The molecule has 4 nitrogen and oxygen atoms in total. The lowest BCUT2D eigenvalue weighted by Gasteiger charge is -2.10. The Morgan fingerprint density at radius 1 is 1.14 bits per heavy atom. The van der Waals surface area contributed by atoms with Crippen LogP contribution in [0.4, 0.5) is 4.39 Å². The van der Waals surface area contributed by atoms with Crippen molar-refractivity contribution >= 4 is 23.2 Å². The van der Waals surface area contributed by atoms with Crippen LogP contribution in [0, 0.1) is 5.82 Å². The van der Waals surface area contributed by atoms with E-state index in [-0.39, 0.29) is 24.2 Å². The molecule has 0 fully saturated rings. The molecule has 6 heteroatoms. The molecule has 2 amide bonds. The highest BCUT2D eigenvalue weighted by molar-refractivity contribution is 7.17. The molecule has 0 saturated carbocycles. The molecular formula is C15H15FN2O2S. The molecule has 2 aromatic rings. The Bertz CT molecular complexity index is 650. The van der Waals surface area contributed by atoms with Gasteiger partial charge in [-0.05, 0) is 29.8 Å². The van der Waals surface area contributed by atoms with Crippen molar-refractivity contribution in [1.29, 1.82) is 0 Å². The molecule has 1 aromatic carbocycles. The molecule has 1 heterocycles. The number of hydrogen-bond acceptors (Lipinski definition) is 3. The summed E-state index contributed by atoms with van der Waals surface area (Å²) >= 11 is 1.30. The predicted molar refractivity (Wildman–Crippen MR) is 80.7 cm³/mol. The van der Waals surface area contributed by atoms with Crippen molar-refractivity contribution in [3.05, 3.63) is 47.1 Å². The Kier molecular flexibility index (Phi) is 4.70. The molecule has 0 atom stereocenters. The zero-order valence-corrected chi connectivity index (χ0v) is 12.5. The fourth-order valence-corrected chi connectivity index (χ4v) is 2.56. The number of likely N-dealkylation sites (N-methyl/N-ethyl adjacent to an activating group) is 1. The van der Waals surface area contributed by atoms with Gasteiger partial charge in [0, 0.05) is 19.0 Å². The number of nitrogens with one attached hydrogen (secondary N) is 1. The van der Waals surface area contributed by atoms with Crippen molar-refractivity contribution < 1.29 is 14.0 Å². The van der Waals surface area contributed by atoms with Crippen molar-refractivity contribution in [3.8, 4) is 10.4 Å². The first-order valence-electron chi connectivity index (χ1n) is 6.31. The van der Waals surface area contributed by atoms with E-state index in [4.69, 9.17) is 0 Å². The van der Waals surface area contributed by atoms with E-state index in [1.807, 2.05) is 0 Å². The lowest BCUT2D eigenvalue weighted by atomic mass is 10.2. The number of halogens is 1. The van der Waals surface area contributed by atoms with E-state index in [9.17, 15) is 14.0 Å². The summed E-state index contributed by atoms with van der Waals surface area (Å²) in [5, 5.41) is 2.57. The summed E-state index contributed by atoms with van der Waals surface area (Å²) < 4.78 is 12.9. The normalized spacial score (nSPS) is 10.2. The van der Waals surface area contributed by atoms with E-state index >= 15 is 0 Å². The smallest absolute Gasteiger partial charge is 0.261 e. The average Bonchev–Trinajstić information content (AvgIpc) is 2.94. The van der Waals surface area contributed by atoms with Crippen molar-refractivity contribution in [1.82, 2.24) is 10.2 Å². The van der Waals surface area contributed by atoms with Crippen molar-refractivity contribution in [2.75, 3.05) is 20.6 Å². The van der Waals surface area contributed by atoms with Gasteiger partial charge in [-0.25, -0.2) is 4.39 Å². The molecule has 0 bridgehead atoms. The maximum atomic E-state index is 12.9. The van der Waals surface area contributed by atoms with Gasteiger partial charge in [0.15, 0.2) is 0 Å². The molecule has 1 aromatic heterocycles. The van der Waals surface area contributed by atoms with Crippen LogP contribution in [-0.4, -0.2) is 37.4 Å². The molecule has 0 spiro atoms. The summed E-state index contributed by atoms with van der Waals surface area (Å²) in [7, 11) is 3.26. The summed E-state index contributed by atoms with van der Waals surface area (Å²) in [6.07, 6.45) is 0. The highest BCUT2D eigenvalue weighted by Crippen LogP contribution is 2.28. The Balaban J connectivity index is 2.04. The molecule has 0 aliphatic carbocycles. The predicted octanol–water partition coefficient (Wildman–Crippen LogP) is 2.37. The lowest BCUT2D eigenvalue weighted by molar-refractivity contribution is -0.127. The van der Waals surface area contributed by atoms with E-state index in [0.29, 0.717) is 4.88 Å². The summed E-state index contributed by atoms with van der Waals surface area (Å²) in [6.45, 7) is -0.0321. The molecular weight excluding hydrogens is 291 g/mol. The van der Waals surface area contributed by atoms with Gasteiger partial charge in [0.1, 0.15) is 5.82 Å². The number of rotatable bonds is 4. The first kappa shape index (κ1) is 15.2. The van der Waals surface area contributed by atoms with Gasteiger partial charge in [-0.2, -0.15) is 0 Å². The summed E-state index contributed by atoms with van der Waals surface area (Å²) in [5.41, 5.74) is 0.852. The molecule has 0 saturated heterocycles. The standard InChI is InChI=1S/C15H15FN2O2S/c1-18(2)14(19)9-17-15(20)13-8-7-12(21-13)10-3-5-11(16)6-4-10/h3-8H,9H2,1-2H3,(H,17,20). The van der Waals surface area contributed by atoms with Crippen molar-refractivity contribution in [2.45, 2.75) is 0 Å². The molecule has 0 aliphatic rings. The van der Waals surface area contributed by atoms with E-state index < -0.39 is 0 Å². The Hall–Kier alpha value is -2.21. The third kappa shape index (κ3) is 3.88. The van der Waals surface area contributed by atoms with Gasteiger partial charge in [0.25, 0.3) is 5.91 Å². The monoisotopic (exact) mass is 306 g/mol. The van der Waals surface area contributed by atoms with Crippen LogP contribution in [0.5, 0.6) is 0 Å². The minimum absolute atomic E-state index is 0.0321. The maximum absolute atomic E-state index is 12.9. The van der Waals surface area contributed by atoms with Gasteiger partial charge < -0.3 is 10.2 Å². The topological polar surface area (TPSA) is 49.4 Å². The molecule has 1 N–H and O–H groups in total. The Morgan fingerprint density at radius 3 is 2.43 bits per heavy atom. The second-order valence-corrected chi connectivity index (χ2v) is 5.73. The Labute approximate surface area is 126 Å². The number of thiophene rings is 1. The van der Waals surface area contributed by atoms with Gasteiger partial charge in [-0.1, -0.05) is 12.1 Å². The molecule has 21 heavy (non-hydrogen) atoms. The second-order valence-electron chi connectivity index (χ2n) is 4.64. The molecule has 2 rings (SSSR count). The third-order valence-corrected chi connectivity index (χ3v) is 3.99. The van der Waals surface area contributed by atoms with E-state index in [1.54, 1.807) is 38.4 Å². The molecule has 0 radical (unpaired) electrons. The minimum Gasteiger partial charge on any atom is -0.347 e. The summed E-state index contributed by atoms with van der Waals surface area (Å²) in [6, 6.07) is 9.59. The van der Waals surface area contributed by atoms with Gasteiger partial charge >= 0.3 is 0 Å². The first-order chi connectivity index (χ1) is 9.97. The van der Waals surface area contributed by atoms with E-state index in [0.717, 1.165) is 10.4 Å². The van der Waals surface area contributed by atoms with E-state index in [2.05, 4.69) is 5.32 Å². The molecule has 0 aliphatic heterocycles. The van der Waals surface area contributed by atoms with Crippen LogP contribution in [0.15, 0.2) is 36.4 Å². The average molecular weight is 306 g/mol. The highest BCUT2D eigenvalue weighted by Gasteiger charge is 2.12. The second kappa shape index (κ2) is 6.49. The zero-order chi connectivity index (χ0) is 15.4. The fraction of sp³-hybridized carbons (Fsp3) is 0.200. The largest absolute Gasteiger partial charge is 0.347 e. The van der Waals surface area contributed by atoms with Gasteiger partial charge in [0.05, 0.1) is 11.4 Å². The Morgan fingerprint density at radius 2 is 1.81 bits per heavy atom. The van der Waals surface area contributed by atoms with Crippen molar-refractivity contribution in [2.24, 2.45) is 0 Å². The number of benzene rings is 1. The van der Waals surface area contributed by atoms with Crippen LogP contribution in [0.2, 0.25) is 0 Å². The van der Waals surface area contributed by atoms with E-state index in [1.165, 1.54) is 28.4 Å². The zero-order valence-electron chi connectivity index (χ0n) is 11.7. The lowest BCUT2D eigenvalue weighted by Crippen LogP contribution is -2.35. The van der Waals surface area contributed by atoms with Crippen LogP contribution >= 0.6 is 11.3 Å². The highest BCUT2D eigenvalue weighted by atomic mass is 32.1. The van der Waals surface area contributed by atoms with Gasteiger partial charge in [-0.3, -0.25) is 9.59 Å². The van der Waals surface area contributed by atoms with Crippen LogP contribution in [-0.2, 0) is 4.79 Å². The number of carbonyl (C=O) groups excluding carboxylic acids is 2. The van der Waals surface area contributed by atoms with Gasteiger partial charge in [-0.15, -0.1) is 11.3 Å². The number of amides is 2. The number of nitrogens with zero attached hydrogens (tertiary/aromatic N) is 1. The summed E-state index contributed by atoms with van der Waals surface area (Å²) in [5.74, 6) is -0.752. The quantitative estimate of drug-likeness (QED) is 0.943. The van der Waals surface area contributed by atoms with Crippen LogP contribution in [0.1, 0.15) is 9.67 Å². The number of hydrogen-bond donors (Lipinski definition) is 1. The van der Waals surface area contributed by atoms with Crippen molar-refractivity contribution in [3.63, 3.8) is 0 Å². The number of carbonyl (C=O) groups is 2. The van der Waals surface area contributed by atoms with Crippen LogP contribution in [0.3, 0.4) is 0 Å². The maximum Gasteiger partial charge on any atom is 0.261 e.